The molecule has 23 heavy (non-hydrogen) atoms. The lowest BCUT2D eigenvalue weighted by molar-refractivity contribution is 0.601. The SMILES string of the molecule is Cc1c[nH]c2c(NS(=O)(=O)c3cccc(C#N)c3)ccc(Br)c12. The van der Waals surface area contributed by atoms with Gasteiger partial charge in [-0.05, 0) is 42.8 Å². The number of anilines is 1. The lowest BCUT2D eigenvalue weighted by atomic mass is 10.2. The van der Waals surface area contributed by atoms with E-state index < -0.39 is 10.0 Å². The van der Waals surface area contributed by atoms with E-state index in [0.29, 0.717) is 16.8 Å². The van der Waals surface area contributed by atoms with Gasteiger partial charge in [0.25, 0.3) is 10.0 Å². The maximum Gasteiger partial charge on any atom is 0.262 e. The quantitative estimate of drug-likeness (QED) is 0.711. The minimum absolute atomic E-state index is 0.0518. The van der Waals surface area contributed by atoms with Gasteiger partial charge < -0.3 is 4.98 Å². The average molecular weight is 390 g/mol. The zero-order valence-corrected chi connectivity index (χ0v) is 14.5. The van der Waals surface area contributed by atoms with Crippen LogP contribution in [0.25, 0.3) is 10.9 Å². The Morgan fingerprint density at radius 3 is 2.78 bits per heavy atom. The van der Waals surface area contributed by atoms with Crippen molar-refractivity contribution < 1.29 is 8.42 Å². The van der Waals surface area contributed by atoms with Crippen molar-refractivity contribution in [2.24, 2.45) is 0 Å². The molecule has 0 aliphatic carbocycles. The number of aromatic nitrogens is 1. The molecule has 3 aromatic rings. The Kier molecular flexibility index (Phi) is 3.88. The Morgan fingerprint density at radius 1 is 1.26 bits per heavy atom. The van der Waals surface area contributed by atoms with Crippen LogP contribution in [0.5, 0.6) is 0 Å². The number of H-pyrrole nitrogens is 1. The summed E-state index contributed by atoms with van der Waals surface area (Å²) in [6, 6.07) is 11.3. The van der Waals surface area contributed by atoms with Gasteiger partial charge in [-0.1, -0.05) is 22.0 Å². The largest absolute Gasteiger partial charge is 0.359 e. The van der Waals surface area contributed by atoms with Crippen LogP contribution in [0, 0.1) is 18.3 Å². The number of fused-ring (bicyclic) bond motifs is 1. The number of benzene rings is 2. The maximum atomic E-state index is 12.6. The van der Waals surface area contributed by atoms with Crippen molar-refractivity contribution in [3.63, 3.8) is 0 Å². The molecular formula is C16H12BrN3O2S. The fourth-order valence-electron chi connectivity index (χ4n) is 2.39. The molecule has 3 rings (SSSR count). The molecule has 0 saturated carbocycles. The normalized spacial score (nSPS) is 11.3. The Bertz CT molecular complexity index is 1050. The van der Waals surface area contributed by atoms with Crippen LogP contribution in [0.1, 0.15) is 11.1 Å². The molecular weight excluding hydrogens is 378 g/mol. The van der Waals surface area contributed by atoms with E-state index in [-0.39, 0.29) is 4.90 Å². The van der Waals surface area contributed by atoms with Gasteiger partial charge in [-0.3, -0.25) is 4.72 Å². The molecule has 116 valence electrons. The highest BCUT2D eigenvalue weighted by Gasteiger charge is 2.17. The van der Waals surface area contributed by atoms with Crippen LogP contribution in [0.3, 0.4) is 0 Å². The topological polar surface area (TPSA) is 85.8 Å². The first-order chi connectivity index (χ1) is 10.9. The van der Waals surface area contributed by atoms with Crippen molar-refractivity contribution in [3.05, 3.63) is 58.2 Å². The van der Waals surface area contributed by atoms with Gasteiger partial charge in [0.15, 0.2) is 0 Å². The summed E-state index contributed by atoms with van der Waals surface area (Å²) in [5, 5.41) is 9.84. The van der Waals surface area contributed by atoms with E-state index in [4.69, 9.17) is 5.26 Å². The van der Waals surface area contributed by atoms with E-state index in [1.807, 2.05) is 19.2 Å². The van der Waals surface area contributed by atoms with Gasteiger partial charge in [0.2, 0.25) is 0 Å². The van der Waals surface area contributed by atoms with Crippen LogP contribution in [0.15, 0.2) is 52.0 Å². The van der Waals surface area contributed by atoms with Gasteiger partial charge in [0.05, 0.1) is 27.7 Å². The zero-order chi connectivity index (χ0) is 16.6. The van der Waals surface area contributed by atoms with E-state index in [9.17, 15) is 8.42 Å². The van der Waals surface area contributed by atoms with E-state index in [1.165, 1.54) is 12.1 Å². The van der Waals surface area contributed by atoms with Crippen LogP contribution >= 0.6 is 15.9 Å². The van der Waals surface area contributed by atoms with Gasteiger partial charge in [0, 0.05) is 16.1 Å². The molecule has 0 bridgehead atoms. The van der Waals surface area contributed by atoms with Gasteiger partial charge in [-0.15, -0.1) is 0 Å². The molecule has 0 spiro atoms. The number of aromatic amines is 1. The molecule has 7 heteroatoms. The predicted molar refractivity (Wildman–Crippen MR) is 92.7 cm³/mol. The molecule has 0 atom stereocenters. The van der Waals surface area contributed by atoms with E-state index in [2.05, 4.69) is 25.6 Å². The van der Waals surface area contributed by atoms with Crippen molar-refractivity contribution in [2.45, 2.75) is 11.8 Å². The molecule has 0 radical (unpaired) electrons. The third-order valence-corrected chi connectivity index (χ3v) is 5.52. The predicted octanol–water partition coefficient (Wildman–Crippen LogP) is 3.91. The summed E-state index contributed by atoms with van der Waals surface area (Å²) < 4.78 is 28.6. The summed E-state index contributed by atoms with van der Waals surface area (Å²) in [5.74, 6) is 0. The fraction of sp³-hybridized carbons (Fsp3) is 0.0625. The summed E-state index contributed by atoms with van der Waals surface area (Å²) in [6.45, 7) is 1.94. The lowest BCUT2D eigenvalue weighted by Gasteiger charge is -2.10. The van der Waals surface area contributed by atoms with Crippen molar-refractivity contribution in [1.82, 2.24) is 4.98 Å². The number of hydrogen-bond donors (Lipinski definition) is 2. The zero-order valence-electron chi connectivity index (χ0n) is 12.1. The molecule has 0 fully saturated rings. The van der Waals surface area contributed by atoms with Gasteiger partial charge in [0.1, 0.15) is 0 Å². The van der Waals surface area contributed by atoms with Crippen molar-refractivity contribution in [2.75, 3.05) is 4.72 Å². The second-order valence-electron chi connectivity index (χ2n) is 5.06. The van der Waals surface area contributed by atoms with Crippen LogP contribution in [0.4, 0.5) is 5.69 Å². The molecule has 0 unspecified atom stereocenters. The lowest BCUT2D eigenvalue weighted by Crippen LogP contribution is -2.13. The van der Waals surface area contributed by atoms with Crippen LogP contribution in [0.2, 0.25) is 0 Å². The number of nitriles is 1. The Labute approximate surface area is 142 Å². The van der Waals surface area contributed by atoms with Crippen LogP contribution in [-0.2, 0) is 10.0 Å². The third kappa shape index (κ3) is 2.83. The first-order valence-corrected chi connectivity index (χ1v) is 8.99. The summed E-state index contributed by atoms with van der Waals surface area (Å²) in [4.78, 5) is 3.14. The Balaban J connectivity index is 2.08. The van der Waals surface area contributed by atoms with Crippen molar-refractivity contribution in [1.29, 1.82) is 5.26 Å². The Hall–Kier alpha value is -2.30. The molecule has 1 heterocycles. The molecule has 0 saturated heterocycles. The number of rotatable bonds is 3. The minimum atomic E-state index is -3.78. The highest BCUT2D eigenvalue weighted by molar-refractivity contribution is 9.10. The summed E-state index contributed by atoms with van der Waals surface area (Å²) >= 11 is 3.47. The standard InChI is InChI=1S/C16H12BrN3O2S/c1-10-9-19-16-14(6-5-13(17)15(10)16)20-23(21,22)12-4-2-3-11(7-12)8-18/h2-7,9,19-20H,1H3. The average Bonchev–Trinajstić information content (AvgIpc) is 2.93. The van der Waals surface area contributed by atoms with E-state index >= 15 is 0 Å². The summed E-state index contributed by atoms with van der Waals surface area (Å²) in [6.07, 6.45) is 1.82. The second kappa shape index (κ2) is 5.72. The highest BCUT2D eigenvalue weighted by Crippen LogP contribution is 2.33. The Morgan fingerprint density at radius 2 is 2.04 bits per heavy atom. The third-order valence-electron chi connectivity index (χ3n) is 3.50. The molecule has 0 aliphatic rings. The van der Waals surface area contributed by atoms with E-state index in [0.717, 1.165) is 15.4 Å². The number of nitrogens with one attached hydrogen (secondary N) is 2. The second-order valence-corrected chi connectivity index (χ2v) is 7.60. The monoisotopic (exact) mass is 389 g/mol. The van der Waals surface area contributed by atoms with Gasteiger partial charge >= 0.3 is 0 Å². The number of aryl methyl sites for hydroxylation is 1. The van der Waals surface area contributed by atoms with Gasteiger partial charge in [-0.25, -0.2) is 8.42 Å². The minimum Gasteiger partial charge on any atom is -0.359 e. The summed E-state index contributed by atoms with van der Waals surface area (Å²) in [7, 11) is -3.78. The smallest absolute Gasteiger partial charge is 0.262 e. The van der Waals surface area contributed by atoms with Crippen molar-refractivity contribution >= 4 is 42.5 Å². The molecule has 0 amide bonds. The van der Waals surface area contributed by atoms with Crippen LogP contribution in [-0.4, -0.2) is 13.4 Å². The first-order valence-electron chi connectivity index (χ1n) is 6.71. The summed E-state index contributed by atoms with van der Waals surface area (Å²) in [5.41, 5.74) is 2.47. The van der Waals surface area contributed by atoms with Crippen molar-refractivity contribution in [3.8, 4) is 6.07 Å². The molecule has 0 aliphatic heterocycles. The maximum absolute atomic E-state index is 12.6. The van der Waals surface area contributed by atoms with Crippen LogP contribution < -0.4 is 4.72 Å². The number of sulfonamides is 1. The van der Waals surface area contributed by atoms with Gasteiger partial charge in [-0.2, -0.15) is 5.26 Å². The number of halogens is 1. The number of hydrogen-bond acceptors (Lipinski definition) is 3. The highest BCUT2D eigenvalue weighted by atomic mass is 79.9. The fourth-order valence-corrected chi connectivity index (χ4v) is 4.15. The molecule has 2 aromatic carbocycles. The number of nitrogens with zero attached hydrogens (tertiary/aromatic N) is 1. The van der Waals surface area contributed by atoms with E-state index in [1.54, 1.807) is 24.3 Å². The first kappa shape index (κ1) is 15.6. The molecule has 5 nitrogen and oxygen atoms in total. The molecule has 2 N–H and O–H groups in total. The molecule has 1 aromatic heterocycles.